The fourth-order valence-corrected chi connectivity index (χ4v) is 3.63. The van der Waals surface area contributed by atoms with Crippen LogP contribution in [0.1, 0.15) is 16.8 Å². The first-order valence-corrected chi connectivity index (χ1v) is 8.94. The SMILES string of the molecule is COc1cccc(NC(=O)N2CCc3[nH]c4ccc(C)cc4c3CC2)c1. The average Bonchev–Trinajstić information content (AvgIpc) is 2.84. The lowest BCUT2D eigenvalue weighted by atomic mass is 10.1. The van der Waals surface area contributed by atoms with Crippen molar-refractivity contribution < 1.29 is 9.53 Å². The van der Waals surface area contributed by atoms with Gasteiger partial charge < -0.3 is 19.9 Å². The normalized spacial score (nSPS) is 14.0. The Kier molecular flexibility index (Phi) is 4.29. The maximum atomic E-state index is 12.7. The maximum Gasteiger partial charge on any atom is 0.321 e. The van der Waals surface area contributed by atoms with Crippen LogP contribution in [-0.4, -0.2) is 36.1 Å². The highest BCUT2D eigenvalue weighted by molar-refractivity contribution is 5.90. The van der Waals surface area contributed by atoms with Gasteiger partial charge in [-0.2, -0.15) is 0 Å². The fourth-order valence-electron chi connectivity index (χ4n) is 3.63. The minimum Gasteiger partial charge on any atom is -0.497 e. The maximum absolute atomic E-state index is 12.7. The topological polar surface area (TPSA) is 57.4 Å². The standard InChI is InChI=1S/C21H23N3O2/c1-14-6-7-19-18(12-14)17-8-10-24(11-9-20(17)23-19)21(25)22-15-4-3-5-16(13-15)26-2/h3-7,12-13,23H,8-11H2,1-2H3,(H,22,25). The van der Waals surface area contributed by atoms with Crippen LogP contribution in [0.4, 0.5) is 10.5 Å². The number of nitrogens with zero attached hydrogens (tertiary/aromatic N) is 1. The van der Waals surface area contributed by atoms with Crippen LogP contribution in [0.3, 0.4) is 0 Å². The minimum absolute atomic E-state index is 0.0658. The lowest BCUT2D eigenvalue weighted by Crippen LogP contribution is -2.36. The second kappa shape index (κ2) is 6.75. The number of hydrogen-bond donors (Lipinski definition) is 2. The van der Waals surface area contributed by atoms with E-state index in [9.17, 15) is 4.79 Å². The molecule has 2 N–H and O–H groups in total. The molecule has 2 aromatic carbocycles. The van der Waals surface area contributed by atoms with E-state index in [1.54, 1.807) is 7.11 Å². The molecule has 134 valence electrons. The van der Waals surface area contributed by atoms with Crippen molar-refractivity contribution in [2.45, 2.75) is 19.8 Å². The van der Waals surface area contributed by atoms with E-state index in [2.05, 4.69) is 35.4 Å². The first-order chi connectivity index (χ1) is 12.6. The zero-order valence-electron chi connectivity index (χ0n) is 15.1. The van der Waals surface area contributed by atoms with Crippen LogP contribution in [-0.2, 0) is 12.8 Å². The molecule has 2 heterocycles. The minimum atomic E-state index is -0.0658. The van der Waals surface area contributed by atoms with Crippen LogP contribution >= 0.6 is 0 Å². The van der Waals surface area contributed by atoms with Crippen molar-refractivity contribution >= 4 is 22.6 Å². The van der Waals surface area contributed by atoms with Crippen LogP contribution in [0.25, 0.3) is 10.9 Å². The zero-order chi connectivity index (χ0) is 18.1. The van der Waals surface area contributed by atoms with Gasteiger partial charge in [0.05, 0.1) is 7.11 Å². The van der Waals surface area contributed by atoms with Gasteiger partial charge in [-0.25, -0.2) is 4.79 Å². The molecule has 4 rings (SSSR count). The van der Waals surface area contributed by atoms with E-state index in [1.807, 2.05) is 29.2 Å². The number of anilines is 1. The number of amides is 2. The summed E-state index contributed by atoms with van der Waals surface area (Å²) < 4.78 is 5.22. The van der Waals surface area contributed by atoms with Gasteiger partial charge in [0, 0.05) is 47.9 Å². The Hall–Kier alpha value is -2.95. The molecule has 5 heteroatoms. The van der Waals surface area contributed by atoms with Crippen molar-refractivity contribution in [3.8, 4) is 5.75 Å². The number of methoxy groups -OCH3 is 1. The molecule has 0 fully saturated rings. The molecule has 0 saturated carbocycles. The molecule has 0 radical (unpaired) electrons. The summed E-state index contributed by atoms with van der Waals surface area (Å²) in [7, 11) is 1.62. The van der Waals surface area contributed by atoms with E-state index in [4.69, 9.17) is 4.74 Å². The molecule has 0 unspecified atom stereocenters. The van der Waals surface area contributed by atoms with E-state index >= 15 is 0 Å². The van der Waals surface area contributed by atoms with Crippen LogP contribution in [0.15, 0.2) is 42.5 Å². The number of rotatable bonds is 2. The summed E-state index contributed by atoms with van der Waals surface area (Å²) in [5, 5.41) is 4.26. The Morgan fingerprint density at radius 1 is 1.15 bits per heavy atom. The second-order valence-electron chi connectivity index (χ2n) is 6.78. The number of fused-ring (bicyclic) bond motifs is 3. The summed E-state index contributed by atoms with van der Waals surface area (Å²) >= 11 is 0. The number of aromatic amines is 1. The second-order valence-corrected chi connectivity index (χ2v) is 6.78. The zero-order valence-corrected chi connectivity index (χ0v) is 15.1. The molecule has 0 bridgehead atoms. The number of aryl methyl sites for hydroxylation is 1. The molecule has 2 amide bonds. The van der Waals surface area contributed by atoms with Gasteiger partial charge >= 0.3 is 6.03 Å². The molecule has 0 saturated heterocycles. The van der Waals surface area contributed by atoms with E-state index in [-0.39, 0.29) is 6.03 Å². The Labute approximate surface area is 153 Å². The molecular formula is C21H23N3O2. The largest absolute Gasteiger partial charge is 0.497 e. The molecular weight excluding hydrogens is 326 g/mol. The van der Waals surface area contributed by atoms with Gasteiger partial charge in [-0.05, 0) is 43.2 Å². The summed E-state index contributed by atoms with van der Waals surface area (Å²) in [4.78, 5) is 18.1. The van der Waals surface area contributed by atoms with Crippen molar-refractivity contribution in [3.63, 3.8) is 0 Å². The van der Waals surface area contributed by atoms with Gasteiger partial charge in [0.2, 0.25) is 0 Å². The predicted octanol–water partition coefficient (Wildman–Crippen LogP) is 4.12. The van der Waals surface area contributed by atoms with E-state index in [0.29, 0.717) is 13.1 Å². The van der Waals surface area contributed by atoms with Crippen molar-refractivity contribution in [2.24, 2.45) is 0 Å². The summed E-state index contributed by atoms with van der Waals surface area (Å²) in [5.41, 5.74) is 5.80. The van der Waals surface area contributed by atoms with Crippen molar-refractivity contribution in [1.82, 2.24) is 9.88 Å². The molecule has 0 spiro atoms. The Morgan fingerprint density at radius 3 is 2.85 bits per heavy atom. The molecule has 1 aliphatic rings. The third-order valence-electron chi connectivity index (χ3n) is 5.02. The number of ether oxygens (including phenoxy) is 1. The fraction of sp³-hybridized carbons (Fsp3) is 0.286. The molecule has 1 aliphatic heterocycles. The van der Waals surface area contributed by atoms with Crippen molar-refractivity contribution in [1.29, 1.82) is 0 Å². The van der Waals surface area contributed by atoms with Crippen LogP contribution in [0, 0.1) is 6.92 Å². The lowest BCUT2D eigenvalue weighted by molar-refractivity contribution is 0.214. The Morgan fingerprint density at radius 2 is 2.00 bits per heavy atom. The smallest absolute Gasteiger partial charge is 0.321 e. The van der Waals surface area contributed by atoms with E-state index in [0.717, 1.165) is 24.3 Å². The summed E-state index contributed by atoms with van der Waals surface area (Å²) in [6.07, 6.45) is 1.71. The van der Waals surface area contributed by atoms with Gasteiger partial charge in [-0.3, -0.25) is 0 Å². The quantitative estimate of drug-likeness (QED) is 0.731. The van der Waals surface area contributed by atoms with Crippen LogP contribution < -0.4 is 10.1 Å². The van der Waals surface area contributed by atoms with Gasteiger partial charge in [0.25, 0.3) is 0 Å². The number of aromatic nitrogens is 1. The van der Waals surface area contributed by atoms with Gasteiger partial charge in [-0.15, -0.1) is 0 Å². The van der Waals surface area contributed by atoms with Crippen LogP contribution in [0.2, 0.25) is 0 Å². The first-order valence-electron chi connectivity index (χ1n) is 8.94. The summed E-state index contributed by atoms with van der Waals surface area (Å²) in [6, 6.07) is 13.9. The highest BCUT2D eigenvalue weighted by atomic mass is 16.5. The number of carbonyl (C=O) groups is 1. The molecule has 5 nitrogen and oxygen atoms in total. The molecule has 0 atom stereocenters. The number of H-pyrrole nitrogens is 1. The number of benzene rings is 2. The van der Waals surface area contributed by atoms with Crippen molar-refractivity contribution in [2.75, 3.05) is 25.5 Å². The van der Waals surface area contributed by atoms with Gasteiger partial charge in [0.15, 0.2) is 0 Å². The highest BCUT2D eigenvalue weighted by Gasteiger charge is 2.21. The Balaban J connectivity index is 1.50. The lowest BCUT2D eigenvalue weighted by Gasteiger charge is -2.21. The number of urea groups is 1. The summed E-state index contributed by atoms with van der Waals surface area (Å²) in [6.45, 7) is 3.53. The number of carbonyl (C=O) groups excluding carboxylic acids is 1. The van der Waals surface area contributed by atoms with Gasteiger partial charge in [-0.1, -0.05) is 17.7 Å². The van der Waals surface area contributed by atoms with E-state index < -0.39 is 0 Å². The third kappa shape index (κ3) is 3.12. The molecule has 3 aromatic rings. The predicted molar refractivity (Wildman–Crippen MR) is 104 cm³/mol. The first kappa shape index (κ1) is 16.5. The molecule has 26 heavy (non-hydrogen) atoms. The molecule has 1 aromatic heterocycles. The number of nitrogens with one attached hydrogen (secondary N) is 2. The number of hydrogen-bond acceptors (Lipinski definition) is 2. The monoisotopic (exact) mass is 349 g/mol. The average molecular weight is 349 g/mol. The van der Waals surface area contributed by atoms with Crippen LogP contribution in [0.5, 0.6) is 5.75 Å². The third-order valence-corrected chi connectivity index (χ3v) is 5.02. The van der Waals surface area contributed by atoms with Gasteiger partial charge in [0.1, 0.15) is 5.75 Å². The summed E-state index contributed by atoms with van der Waals surface area (Å²) in [5.74, 6) is 0.732. The Bertz CT molecular complexity index is 961. The highest BCUT2D eigenvalue weighted by Crippen LogP contribution is 2.27. The van der Waals surface area contributed by atoms with Crippen molar-refractivity contribution in [3.05, 3.63) is 59.3 Å². The van der Waals surface area contributed by atoms with E-state index in [1.165, 1.54) is 27.7 Å². The molecule has 0 aliphatic carbocycles.